The number of esters is 3. The maximum atomic E-state index is 12.0. The smallest absolute Gasteiger partial charge is 0.350 e. The highest BCUT2D eigenvalue weighted by atomic mass is 16.7. The van der Waals surface area contributed by atoms with Gasteiger partial charge < -0.3 is 18.9 Å². The quantitative estimate of drug-likeness (QED) is 0.492. The van der Waals surface area contributed by atoms with Crippen molar-refractivity contribution in [1.29, 1.82) is 0 Å². The van der Waals surface area contributed by atoms with Crippen LogP contribution in [0.15, 0.2) is 21.9 Å². The van der Waals surface area contributed by atoms with E-state index in [1.165, 1.54) is 0 Å². The molecule has 134 valence electrons. The molecule has 0 aliphatic carbocycles. The van der Waals surface area contributed by atoms with E-state index >= 15 is 0 Å². The molecule has 0 saturated carbocycles. The summed E-state index contributed by atoms with van der Waals surface area (Å²) in [5.74, 6) is -2.25. The third-order valence-electron chi connectivity index (χ3n) is 3.73. The molecule has 1 aromatic rings. The van der Waals surface area contributed by atoms with Crippen molar-refractivity contribution in [2.75, 3.05) is 0 Å². The molecule has 11 nitrogen and oxygen atoms in total. The molecule has 2 aliphatic rings. The van der Waals surface area contributed by atoms with E-state index in [9.17, 15) is 24.0 Å². The number of aromatic nitrogens is 2. The first kappa shape index (κ1) is 16.9. The Morgan fingerprint density at radius 1 is 1.12 bits per heavy atom. The first-order valence-electron chi connectivity index (χ1n) is 7.30. The third kappa shape index (κ3) is 3.05. The topological polar surface area (TPSA) is 143 Å². The summed E-state index contributed by atoms with van der Waals surface area (Å²) < 4.78 is 21.8. The lowest BCUT2D eigenvalue weighted by molar-refractivity contribution is -0.174. The molecule has 0 radical (unpaired) electrons. The van der Waals surface area contributed by atoms with Crippen LogP contribution >= 0.6 is 0 Å². The van der Waals surface area contributed by atoms with Gasteiger partial charge in [-0.15, -0.1) is 0 Å². The molecule has 1 aromatic heterocycles. The minimum Gasteiger partial charge on any atom is -0.454 e. The molecule has 2 fully saturated rings. The molecule has 0 unspecified atom stereocenters. The van der Waals surface area contributed by atoms with E-state index in [0.29, 0.717) is 0 Å². The lowest BCUT2D eigenvalue weighted by Gasteiger charge is -2.22. The Morgan fingerprint density at radius 2 is 1.80 bits per heavy atom. The first-order chi connectivity index (χ1) is 11.8. The van der Waals surface area contributed by atoms with Gasteiger partial charge >= 0.3 is 23.6 Å². The van der Waals surface area contributed by atoms with Crippen LogP contribution in [0.5, 0.6) is 0 Å². The van der Waals surface area contributed by atoms with Gasteiger partial charge in [0.05, 0.1) is 0 Å². The zero-order valence-electron chi connectivity index (χ0n) is 13.2. The Morgan fingerprint density at radius 3 is 2.40 bits per heavy atom. The summed E-state index contributed by atoms with van der Waals surface area (Å²) in [7, 11) is 0. The van der Waals surface area contributed by atoms with Gasteiger partial charge in [0.1, 0.15) is 6.10 Å². The van der Waals surface area contributed by atoms with Gasteiger partial charge in [-0.05, 0) is 0 Å². The summed E-state index contributed by atoms with van der Waals surface area (Å²) in [4.78, 5) is 59.7. The van der Waals surface area contributed by atoms with E-state index in [4.69, 9.17) is 18.9 Å². The molecular formula is C14H14N2O9. The molecule has 1 N–H and O–H groups in total. The number of nitrogens with one attached hydrogen (secondary N) is 1. The number of fused-ring (bicyclic) bond motifs is 1. The maximum Gasteiger partial charge on any atom is 0.350 e. The molecule has 3 rings (SSSR count). The highest BCUT2D eigenvalue weighted by Gasteiger charge is 2.61. The standard InChI is InChI=1S/C14H14N2O9/c1-5(17)22-10-8-9(11(13(20)25-8)23-6(2)18)24-12(10)16-4-3-7(19)15-14(16)21/h3-4,8-12H,1-2H3,(H,15,19,21)/t8-,9+,10-,11+,12-/m1/s1. The largest absolute Gasteiger partial charge is 0.454 e. The lowest BCUT2D eigenvalue weighted by Crippen LogP contribution is -2.40. The number of nitrogens with zero attached hydrogens (tertiary/aromatic N) is 1. The van der Waals surface area contributed by atoms with E-state index in [1.807, 2.05) is 4.98 Å². The minimum absolute atomic E-state index is 0.618. The van der Waals surface area contributed by atoms with E-state index < -0.39 is 59.8 Å². The normalized spacial score (nSPS) is 30.5. The SMILES string of the molecule is CC(=O)O[C@@H]1[C@@H]2OC(=O)[C@@H](OC(C)=O)[C@H]2O[C@H]1n1ccc(=O)[nH]c1=O. The first-order valence-corrected chi connectivity index (χ1v) is 7.30. The number of H-pyrrole nitrogens is 1. The number of ether oxygens (including phenoxy) is 4. The Bertz CT molecular complexity index is 841. The second kappa shape index (κ2) is 6.16. The van der Waals surface area contributed by atoms with Gasteiger partial charge in [0.2, 0.25) is 6.10 Å². The number of hydrogen-bond donors (Lipinski definition) is 1. The van der Waals surface area contributed by atoms with Gasteiger partial charge in [-0.3, -0.25) is 23.9 Å². The second-order valence-electron chi connectivity index (χ2n) is 5.51. The summed E-state index contributed by atoms with van der Waals surface area (Å²) in [6.45, 7) is 2.25. The summed E-state index contributed by atoms with van der Waals surface area (Å²) in [5, 5.41) is 0. The Labute approximate surface area is 139 Å². The van der Waals surface area contributed by atoms with E-state index in [-0.39, 0.29) is 0 Å². The van der Waals surface area contributed by atoms with Gasteiger partial charge in [-0.2, -0.15) is 0 Å². The van der Waals surface area contributed by atoms with Gasteiger partial charge in [0, 0.05) is 26.1 Å². The Hall–Kier alpha value is -2.95. The molecule has 0 bridgehead atoms. The zero-order valence-corrected chi connectivity index (χ0v) is 13.2. The summed E-state index contributed by atoms with van der Waals surface area (Å²) >= 11 is 0. The molecule has 0 amide bonds. The predicted molar refractivity (Wildman–Crippen MR) is 76.2 cm³/mol. The van der Waals surface area contributed by atoms with Crippen molar-refractivity contribution in [3.05, 3.63) is 33.1 Å². The summed E-state index contributed by atoms with van der Waals surface area (Å²) in [6.07, 6.45) is -4.64. The molecule has 25 heavy (non-hydrogen) atoms. The Balaban J connectivity index is 1.97. The fourth-order valence-electron chi connectivity index (χ4n) is 2.84. The van der Waals surface area contributed by atoms with Crippen molar-refractivity contribution in [2.24, 2.45) is 0 Å². The van der Waals surface area contributed by atoms with E-state index in [0.717, 1.165) is 30.7 Å². The molecule has 0 aromatic carbocycles. The van der Waals surface area contributed by atoms with Crippen LogP contribution in [-0.4, -0.2) is 51.9 Å². The highest BCUT2D eigenvalue weighted by Crippen LogP contribution is 2.39. The highest BCUT2D eigenvalue weighted by molar-refractivity contribution is 5.81. The summed E-state index contributed by atoms with van der Waals surface area (Å²) in [6, 6.07) is 1.08. The second-order valence-corrected chi connectivity index (χ2v) is 5.51. The lowest BCUT2D eigenvalue weighted by atomic mass is 10.1. The van der Waals surface area contributed by atoms with Crippen LogP contribution in [0.25, 0.3) is 0 Å². The number of aromatic amines is 1. The predicted octanol–water partition coefficient (Wildman–Crippen LogP) is -1.78. The van der Waals surface area contributed by atoms with Gasteiger partial charge in [-0.1, -0.05) is 0 Å². The summed E-state index contributed by atoms with van der Waals surface area (Å²) in [5.41, 5.74) is -1.42. The van der Waals surface area contributed by atoms with Crippen LogP contribution < -0.4 is 11.2 Å². The maximum absolute atomic E-state index is 12.0. The average Bonchev–Trinajstić information content (AvgIpc) is 2.97. The molecule has 11 heteroatoms. The van der Waals surface area contributed by atoms with Crippen molar-refractivity contribution in [1.82, 2.24) is 9.55 Å². The van der Waals surface area contributed by atoms with Crippen molar-refractivity contribution in [3.63, 3.8) is 0 Å². The van der Waals surface area contributed by atoms with Crippen LogP contribution in [0.4, 0.5) is 0 Å². The van der Waals surface area contributed by atoms with Crippen molar-refractivity contribution in [2.45, 2.75) is 44.5 Å². The third-order valence-corrected chi connectivity index (χ3v) is 3.73. The minimum atomic E-state index is -1.34. The van der Waals surface area contributed by atoms with Crippen LogP contribution in [0.3, 0.4) is 0 Å². The van der Waals surface area contributed by atoms with Crippen molar-refractivity contribution >= 4 is 17.9 Å². The van der Waals surface area contributed by atoms with Gasteiger partial charge in [0.25, 0.3) is 5.56 Å². The average molecular weight is 354 g/mol. The number of rotatable bonds is 3. The van der Waals surface area contributed by atoms with Gasteiger partial charge in [0.15, 0.2) is 18.4 Å². The molecule has 0 spiro atoms. The van der Waals surface area contributed by atoms with Crippen molar-refractivity contribution < 1.29 is 33.3 Å². The molecule has 2 saturated heterocycles. The van der Waals surface area contributed by atoms with Crippen LogP contribution in [0.2, 0.25) is 0 Å². The van der Waals surface area contributed by atoms with E-state index in [1.54, 1.807) is 0 Å². The Kier molecular flexibility index (Phi) is 4.17. The van der Waals surface area contributed by atoms with Crippen LogP contribution in [0.1, 0.15) is 20.1 Å². The van der Waals surface area contributed by atoms with E-state index in [2.05, 4.69) is 0 Å². The van der Waals surface area contributed by atoms with Crippen LogP contribution in [-0.2, 0) is 33.3 Å². The van der Waals surface area contributed by atoms with Crippen LogP contribution in [0, 0.1) is 0 Å². The zero-order chi connectivity index (χ0) is 18.3. The number of carbonyl (C=O) groups is 3. The van der Waals surface area contributed by atoms with Crippen molar-refractivity contribution in [3.8, 4) is 0 Å². The monoisotopic (exact) mass is 354 g/mol. The number of carbonyl (C=O) groups excluding carboxylic acids is 3. The molecular weight excluding hydrogens is 340 g/mol. The van der Waals surface area contributed by atoms with Gasteiger partial charge in [-0.25, -0.2) is 9.59 Å². The number of hydrogen-bond acceptors (Lipinski definition) is 9. The fourth-order valence-corrected chi connectivity index (χ4v) is 2.84. The molecule has 5 atom stereocenters. The molecule has 3 heterocycles. The molecule has 2 aliphatic heterocycles. The fraction of sp³-hybridized carbons (Fsp3) is 0.500.